The minimum absolute atomic E-state index is 0.149. The van der Waals surface area contributed by atoms with Crippen LogP contribution in [0.1, 0.15) is 57.2 Å². The Labute approximate surface area is 155 Å². The summed E-state index contributed by atoms with van der Waals surface area (Å²) in [5, 5.41) is 0.220. The number of Topliss-reactive ketones (excluding diaryl/α,β-unsaturated/α-hetero) is 1. The van der Waals surface area contributed by atoms with Gasteiger partial charge in [0.2, 0.25) is 0 Å². The molecule has 0 aromatic heterocycles. The molecule has 1 aliphatic carbocycles. The molecule has 140 valence electrons. The summed E-state index contributed by atoms with van der Waals surface area (Å²) in [4.78, 5) is 12.9. The third kappa shape index (κ3) is 4.82. The van der Waals surface area contributed by atoms with Gasteiger partial charge >= 0.3 is 0 Å². The molecule has 0 amide bonds. The summed E-state index contributed by atoms with van der Waals surface area (Å²) in [6.45, 7) is 17.9. The maximum absolute atomic E-state index is 12.9. The van der Waals surface area contributed by atoms with Crippen LogP contribution in [0.15, 0.2) is 18.2 Å². The summed E-state index contributed by atoms with van der Waals surface area (Å²) in [5.74, 6) is 0.962. The quantitative estimate of drug-likeness (QED) is 0.615. The van der Waals surface area contributed by atoms with Crippen molar-refractivity contribution >= 4 is 14.1 Å². The van der Waals surface area contributed by atoms with Gasteiger partial charge in [0.05, 0.1) is 0 Å². The first-order valence-electron chi connectivity index (χ1n) is 9.67. The first-order valence-corrected chi connectivity index (χ1v) is 12.6. The largest absolute Gasteiger partial charge is 0.414 e. The second-order valence-corrected chi connectivity index (χ2v) is 14.4. The molecule has 25 heavy (non-hydrogen) atoms. The van der Waals surface area contributed by atoms with Crippen molar-refractivity contribution < 1.29 is 9.22 Å². The number of hydrogen-bond donors (Lipinski definition) is 0. The minimum Gasteiger partial charge on any atom is -0.414 e. The fourth-order valence-electron chi connectivity index (χ4n) is 3.69. The number of aryl methyl sites for hydroxylation is 2. The summed E-state index contributed by atoms with van der Waals surface area (Å²) in [6, 6.07) is 6.40. The number of carbonyl (C=O) groups is 1. The average molecular weight is 361 g/mol. The van der Waals surface area contributed by atoms with E-state index in [0.717, 1.165) is 12.8 Å². The third-order valence-corrected chi connectivity index (χ3v) is 10.9. The van der Waals surface area contributed by atoms with Gasteiger partial charge in [0.25, 0.3) is 0 Å². The molecular formula is C22H36O2Si. The highest BCUT2D eigenvalue weighted by Crippen LogP contribution is 2.42. The maximum atomic E-state index is 12.9. The molecule has 0 aliphatic heterocycles. The molecule has 1 aromatic rings. The Kier molecular flexibility index (Phi) is 6.00. The predicted molar refractivity (Wildman–Crippen MR) is 109 cm³/mol. The monoisotopic (exact) mass is 360 g/mol. The number of ketones is 1. The van der Waals surface area contributed by atoms with E-state index < -0.39 is 8.32 Å². The Morgan fingerprint density at radius 3 is 2.40 bits per heavy atom. The number of carbonyl (C=O) groups excluding carboxylic acids is 1. The summed E-state index contributed by atoms with van der Waals surface area (Å²) >= 11 is 0. The van der Waals surface area contributed by atoms with Gasteiger partial charge < -0.3 is 4.43 Å². The van der Waals surface area contributed by atoms with E-state index in [1.54, 1.807) is 0 Å². The van der Waals surface area contributed by atoms with Crippen LogP contribution in [0.2, 0.25) is 18.1 Å². The Hall–Kier alpha value is -0.933. The second-order valence-electron chi connectivity index (χ2n) is 9.63. The zero-order chi connectivity index (χ0) is 19.0. The van der Waals surface area contributed by atoms with Crippen LogP contribution < -0.4 is 0 Å². The van der Waals surface area contributed by atoms with E-state index in [9.17, 15) is 4.79 Å². The molecule has 0 heterocycles. The van der Waals surface area contributed by atoms with Gasteiger partial charge in [-0.25, -0.2) is 0 Å². The third-order valence-electron chi connectivity index (χ3n) is 6.38. The van der Waals surface area contributed by atoms with Gasteiger partial charge in [0.15, 0.2) is 8.32 Å². The van der Waals surface area contributed by atoms with Crippen molar-refractivity contribution in [3.05, 3.63) is 34.9 Å². The summed E-state index contributed by atoms with van der Waals surface area (Å²) in [5.41, 5.74) is 3.66. The Bertz CT molecular complexity index is 627. The molecule has 0 unspecified atom stereocenters. The van der Waals surface area contributed by atoms with Crippen molar-refractivity contribution in [2.45, 2.75) is 85.0 Å². The van der Waals surface area contributed by atoms with Crippen LogP contribution in [0.25, 0.3) is 0 Å². The zero-order valence-electron chi connectivity index (χ0n) is 17.4. The molecule has 0 radical (unpaired) electrons. The van der Waals surface area contributed by atoms with E-state index in [4.69, 9.17) is 4.43 Å². The SMILES string of the molecule is Cc1ccc(CC(=O)[C@H]2C[C@@H](O[Si](C)(C)C(C)(C)C)C[C@@H]2C)c(C)c1. The lowest BCUT2D eigenvalue weighted by Gasteiger charge is -2.38. The second kappa shape index (κ2) is 7.36. The smallest absolute Gasteiger partial charge is 0.192 e. The maximum Gasteiger partial charge on any atom is 0.192 e. The van der Waals surface area contributed by atoms with E-state index in [2.05, 4.69) is 72.8 Å². The van der Waals surface area contributed by atoms with Crippen LogP contribution >= 0.6 is 0 Å². The summed E-state index contributed by atoms with van der Waals surface area (Å²) in [6.07, 6.45) is 2.74. The highest BCUT2D eigenvalue weighted by molar-refractivity contribution is 6.74. The molecule has 0 bridgehead atoms. The molecule has 3 atom stereocenters. The minimum atomic E-state index is -1.76. The fraction of sp³-hybridized carbons (Fsp3) is 0.682. The van der Waals surface area contributed by atoms with Gasteiger partial charge in [-0.05, 0) is 61.9 Å². The summed E-state index contributed by atoms with van der Waals surface area (Å²) < 4.78 is 6.59. The van der Waals surface area contributed by atoms with Crippen LogP contribution in [0, 0.1) is 25.7 Å². The molecular weight excluding hydrogens is 324 g/mol. The average Bonchev–Trinajstić information content (AvgIpc) is 2.80. The van der Waals surface area contributed by atoms with E-state index >= 15 is 0 Å². The molecule has 1 aromatic carbocycles. The lowest BCUT2D eigenvalue weighted by atomic mass is 9.89. The van der Waals surface area contributed by atoms with Crippen LogP contribution in [0.4, 0.5) is 0 Å². The van der Waals surface area contributed by atoms with Crippen molar-refractivity contribution in [3.8, 4) is 0 Å². The van der Waals surface area contributed by atoms with Crippen molar-refractivity contribution in [2.24, 2.45) is 11.8 Å². The molecule has 2 rings (SSSR count). The molecule has 2 nitrogen and oxygen atoms in total. The Balaban J connectivity index is 2.02. The lowest BCUT2D eigenvalue weighted by molar-refractivity contribution is -0.123. The van der Waals surface area contributed by atoms with E-state index in [0.29, 0.717) is 18.1 Å². The molecule has 1 saturated carbocycles. The van der Waals surface area contributed by atoms with Crippen LogP contribution in [-0.2, 0) is 15.6 Å². The van der Waals surface area contributed by atoms with E-state index in [1.807, 2.05) is 0 Å². The van der Waals surface area contributed by atoms with Crippen LogP contribution in [0.3, 0.4) is 0 Å². The zero-order valence-corrected chi connectivity index (χ0v) is 18.4. The van der Waals surface area contributed by atoms with E-state index in [-0.39, 0.29) is 17.1 Å². The highest BCUT2D eigenvalue weighted by atomic mass is 28.4. The first-order chi connectivity index (χ1) is 11.4. The molecule has 0 N–H and O–H groups in total. The molecule has 1 fully saturated rings. The highest BCUT2D eigenvalue weighted by Gasteiger charge is 2.43. The normalized spacial score (nSPS) is 24.6. The van der Waals surface area contributed by atoms with Crippen molar-refractivity contribution in [2.75, 3.05) is 0 Å². The number of hydrogen-bond acceptors (Lipinski definition) is 2. The van der Waals surface area contributed by atoms with Gasteiger partial charge in [-0.1, -0.05) is 51.5 Å². The van der Waals surface area contributed by atoms with E-state index in [1.165, 1.54) is 16.7 Å². The lowest BCUT2D eigenvalue weighted by Crippen LogP contribution is -2.43. The number of rotatable bonds is 5. The molecule has 0 saturated heterocycles. The van der Waals surface area contributed by atoms with Gasteiger partial charge in [0, 0.05) is 18.4 Å². The van der Waals surface area contributed by atoms with Gasteiger partial charge in [-0.2, -0.15) is 0 Å². The van der Waals surface area contributed by atoms with Gasteiger partial charge in [-0.3, -0.25) is 4.79 Å². The Morgan fingerprint density at radius 2 is 1.84 bits per heavy atom. The van der Waals surface area contributed by atoms with Crippen LogP contribution in [-0.4, -0.2) is 20.2 Å². The molecule has 1 aliphatic rings. The standard InChI is InChI=1S/C22H36O2Si/c1-15-9-10-18(16(2)11-15)13-21(23)20-14-19(12-17(20)3)24-25(7,8)22(4,5)6/h9-11,17,19-20H,12-14H2,1-8H3/t17-,19-,20-/m0/s1. The topological polar surface area (TPSA) is 26.3 Å². The molecule has 0 spiro atoms. The predicted octanol–water partition coefficient (Wildman–Crippen LogP) is 5.85. The fourth-order valence-corrected chi connectivity index (χ4v) is 5.07. The van der Waals surface area contributed by atoms with Crippen molar-refractivity contribution in [3.63, 3.8) is 0 Å². The summed E-state index contributed by atoms with van der Waals surface area (Å²) in [7, 11) is -1.76. The van der Waals surface area contributed by atoms with Crippen molar-refractivity contribution in [1.29, 1.82) is 0 Å². The van der Waals surface area contributed by atoms with Crippen molar-refractivity contribution in [1.82, 2.24) is 0 Å². The Morgan fingerprint density at radius 1 is 1.20 bits per heavy atom. The molecule has 3 heteroatoms. The van der Waals surface area contributed by atoms with Crippen LogP contribution in [0.5, 0.6) is 0 Å². The first kappa shape index (κ1) is 20.4. The van der Waals surface area contributed by atoms with Gasteiger partial charge in [0.1, 0.15) is 5.78 Å². The van der Waals surface area contributed by atoms with Gasteiger partial charge in [-0.15, -0.1) is 0 Å². The number of benzene rings is 1.